The Hall–Kier alpha value is -0.500. The van der Waals surface area contributed by atoms with Crippen molar-refractivity contribution >= 4 is 21.8 Å². The Morgan fingerprint density at radius 1 is 1.59 bits per heavy atom. The summed E-state index contributed by atoms with van der Waals surface area (Å²) in [6, 6.07) is 1.57. The van der Waals surface area contributed by atoms with E-state index in [4.69, 9.17) is 5.73 Å². The molecular weight excluding hydrogens is 258 g/mol. The number of sulfonamides is 1. The number of aromatic amines is 1. The largest absolute Gasteiger partial charge is 0.363 e. The van der Waals surface area contributed by atoms with Crippen LogP contribution in [0.1, 0.15) is 18.5 Å². The third-order valence-electron chi connectivity index (χ3n) is 3.07. The molecule has 0 spiro atoms. The van der Waals surface area contributed by atoms with Gasteiger partial charge in [0.05, 0.1) is 4.90 Å². The second-order valence-corrected chi connectivity index (χ2v) is 7.32. The Kier molecular flexibility index (Phi) is 3.53. The maximum Gasteiger partial charge on any atom is 0.242 e. The van der Waals surface area contributed by atoms with E-state index in [-0.39, 0.29) is 9.64 Å². The van der Waals surface area contributed by atoms with Crippen molar-refractivity contribution in [3.63, 3.8) is 0 Å². The van der Waals surface area contributed by atoms with Gasteiger partial charge in [0.25, 0.3) is 0 Å². The van der Waals surface area contributed by atoms with Gasteiger partial charge in [-0.3, -0.25) is 0 Å². The number of aromatic nitrogens is 1. The van der Waals surface area contributed by atoms with E-state index in [1.54, 1.807) is 17.8 Å². The van der Waals surface area contributed by atoms with Gasteiger partial charge in [-0.15, -0.1) is 0 Å². The van der Waals surface area contributed by atoms with Crippen molar-refractivity contribution in [2.75, 3.05) is 12.8 Å². The summed E-state index contributed by atoms with van der Waals surface area (Å²) in [5, 5.41) is 0. The summed E-state index contributed by atoms with van der Waals surface area (Å²) in [7, 11) is -3.40. The number of nitrogens with two attached hydrogens (primary N) is 1. The van der Waals surface area contributed by atoms with E-state index in [0.29, 0.717) is 13.1 Å². The van der Waals surface area contributed by atoms with Crippen LogP contribution in [-0.2, 0) is 16.6 Å². The predicted molar refractivity (Wildman–Crippen MR) is 69.4 cm³/mol. The highest BCUT2D eigenvalue weighted by atomic mass is 32.2. The van der Waals surface area contributed by atoms with Crippen molar-refractivity contribution in [1.29, 1.82) is 0 Å². The predicted octanol–water partition coefficient (Wildman–Crippen LogP) is 0.647. The molecule has 1 aromatic rings. The lowest BCUT2D eigenvalue weighted by Crippen LogP contribution is -2.31. The lowest BCUT2D eigenvalue weighted by atomic mass is 10.4. The van der Waals surface area contributed by atoms with Gasteiger partial charge in [0, 0.05) is 29.7 Å². The lowest BCUT2D eigenvalue weighted by molar-refractivity contribution is 0.580. The van der Waals surface area contributed by atoms with Crippen LogP contribution in [0.4, 0.5) is 0 Å². The molecule has 1 aliphatic carbocycles. The first-order valence-electron chi connectivity index (χ1n) is 5.43. The summed E-state index contributed by atoms with van der Waals surface area (Å²) in [6.45, 7) is 0.809. The summed E-state index contributed by atoms with van der Waals surface area (Å²) in [6.07, 6.45) is 5.66. The molecule has 0 aliphatic heterocycles. The van der Waals surface area contributed by atoms with Crippen LogP contribution in [-0.4, -0.2) is 30.9 Å². The van der Waals surface area contributed by atoms with Crippen LogP contribution in [0.2, 0.25) is 0 Å². The lowest BCUT2D eigenvalue weighted by Gasteiger charge is -2.12. The monoisotopic (exact) mass is 275 g/mol. The molecule has 17 heavy (non-hydrogen) atoms. The first kappa shape index (κ1) is 12.9. The summed E-state index contributed by atoms with van der Waals surface area (Å²) in [5.74, 6) is 0. The van der Waals surface area contributed by atoms with Crippen LogP contribution >= 0.6 is 11.8 Å². The highest BCUT2D eigenvalue weighted by molar-refractivity contribution is 8.00. The van der Waals surface area contributed by atoms with E-state index < -0.39 is 10.0 Å². The number of hydrogen-bond acceptors (Lipinski definition) is 4. The Balaban J connectivity index is 2.03. The minimum absolute atomic E-state index is 0.125. The molecule has 4 N–H and O–H groups in total. The third-order valence-corrected chi connectivity index (χ3v) is 5.87. The van der Waals surface area contributed by atoms with E-state index in [1.165, 1.54) is 6.20 Å². The van der Waals surface area contributed by atoms with E-state index in [2.05, 4.69) is 9.71 Å². The van der Waals surface area contributed by atoms with E-state index in [1.807, 2.05) is 6.26 Å². The van der Waals surface area contributed by atoms with Crippen LogP contribution < -0.4 is 10.5 Å². The molecule has 0 saturated heterocycles. The summed E-state index contributed by atoms with van der Waals surface area (Å²) in [5.41, 5.74) is 6.15. The molecule has 0 unspecified atom stereocenters. The first-order valence-corrected chi connectivity index (χ1v) is 8.14. The zero-order valence-electron chi connectivity index (χ0n) is 9.69. The van der Waals surface area contributed by atoms with Gasteiger partial charge >= 0.3 is 0 Å². The number of nitrogens with one attached hydrogen (secondary N) is 2. The van der Waals surface area contributed by atoms with Crippen LogP contribution in [0.25, 0.3) is 0 Å². The minimum atomic E-state index is -3.40. The van der Waals surface area contributed by atoms with E-state index >= 15 is 0 Å². The molecule has 0 bridgehead atoms. The van der Waals surface area contributed by atoms with Crippen molar-refractivity contribution < 1.29 is 8.42 Å². The zero-order valence-corrected chi connectivity index (χ0v) is 11.3. The van der Waals surface area contributed by atoms with E-state index in [0.717, 1.165) is 18.5 Å². The van der Waals surface area contributed by atoms with Crippen molar-refractivity contribution in [2.45, 2.75) is 29.0 Å². The Bertz CT molecular complexity index is 491. The average molecular weight is 275 g/mol. The molecule has 0 radical (unpaired) electrons. The maximum atomic E-state index is 12.0. The van der Waals surface area contributed by atoms with Crippen molar-refractivity contribution in [3.05, 3.63) is 18.0 Å². The number of thioether (sulfide) groups is 1. The molecule has 1 saturated carbocycles. The van der Waals surface area contributed by atoms with Gasteiger partial charge in [0.1, 0.15) is 0 Å². The fourth-order valence-corrected chi connectivity index (χ4v) is 3.56. The second kappa shape index (κ2) is 4.64. The third kappa shape index (κ3) is 2.85. The van der Waals surface area contributed by atoms with Gasteiger partial charge in [-0.25, -0.2) is 13.1 Å². The Morgan fingerprint density at radius 3 is 2.76 bits per heavy atom. The number of hydrogen-bond donors (Lipinski definition) is 3. The summed E-state index contributed by atoms with van der Waals surface area (Å²) >= 11 is 1.73. The van der Waals surface area contributed by atoms with E-state index in [9.17, 15) is 8.42 Å². The molecular formula is C10H17N3O2S2. The van der Waals surface area contributed by atoms with Gasteiger partial charge < -0.3 is 10.7 Å². The maximum absolute atomic E-state index is 12.0. The smallest absolute Gasteiger partial charge is 0.242 e. The van der Waals surface area contributed by atoms with Crippen molar-refractivity contribution in [1.82, 2.24) is 9.71 Å². The molecule has 96 valence electrons. The van der Waals surface area contributed by atoms with Gasteiger partial charge in [0.2, 0.25) is 10.0 Å². The van der Waals surface area contributed by atoms with Crippen LogP contribution in [0.5, 0.6) is 0 Å². The van der Waals surface area contributed by atoms with Crippen LogP contribution in [0.3, 0.4) is 0 Å². The Morgan fingerprint density at radius 2 is 2.29 bits per heavy atom. The molecule has 0 amide bonds. The molecule has 1 aliphatic rings. The SMILES string of the molecule is CSC1(CNS(=O)(=O)c2c[nH]c(CN)c2)CC1. The Labute approximate surface area is 106 Å². The summed E-state index contributed by atoms with van der Waals surface area (Å²) in [4.78, 5) is 3.10. The molecule has 1 heterocycles. The van der Waals surface area contributed by atoms with Gasteiger partial charge in [-0.05, 0) is 25.2 Å². The van der Waals surface area contributed by atoms with Crippen molar-refractivity contribution in [2.24, 2.45) is 5.73 Å². The number of H-pyrrole nitrogens is 1. The molecule has 2 rings (SSSR count). The quantitative estimate of drug-likeness (QED) is 0.711. The van der Waals surface area contributed by atoms with Gasteiger partial charge in [-0.2, -0.15) is 11.8 Å². The molecule has 1 aromatic heterocycles. The minimum Gasteiger partial charge on any atom is -0.363 e. The highest BCUT2D eigenvalue weighted by Crippen LogP contribution is 2.46. The standard InChI is InChI=1S/C10H17N3O2S2/c1-16-10(2-3-10)7-13-17(14,15)9-4-8(5-11)12-6-9/h4,6,12-13H,2-3,5,7,11H2,1H3. The first-order chi connectivity index (χ1) is 8.01. The molecule has 7 heteroatoms. The molecule has 5 nitrogen and oxygen atoms in total. The average Bonchev–Trinajstić information content (AvgIpc) is 2.94. The van der Waals surface area contributed by atoms with Crippen molar-refractivity contribution in [3.8, 4) is 0 Å². The summed E-state index contributed by atoms with van der Waals surface area (Å²) < 4.78 is 26.7. The normalized spacial score (nSPS) is 18.2. The second-order valence-electron chi connectivity index (χ2n) is 4.28. The fourth-order valence-electron chi connectivity index (χ4n) is 1.59. The van der Waals surface area contributed by atoms with Crippen LogP contribution in [0.15, 0.2) is 17.2 Å². The van der Waals surface area contributed by atoms with Crippen LogP contribution in [0, 0.1) is 0 Å². The zero-order chi connectivity index (χ0) is 12.5. The van der Waals surface area contributed by atoms with Gasteiger partial charge in [0.15, 0.2) is 0 Å². The van der Waals surface area contributed by atoms with Gasteiger partial charge in [-0.1, -0.05) is 0 Å². The molecule has 0 atom stereocenters. The molecule has 0 aromatic carbocycles. The highest BCUT2D eigenvalue weighted by Gasteiger charge is 2.42. The fraction of sp³-hybridized carbons (Fsp3) is 0.600. The topological polar surface area (TPSA) is 88.0 Å². The number of rotatable bonds is 6. The molecule has 1 fully saturated rings.